The van der Waals surface area contributed by atoms with Gasteiger partial charge in [-0.3, -0.25) is 0 Å². The third kappa shape index (κ3) is 6.01. The molecule has 0 aromatic rings. The Morgan fingerprint density at radius 2 is 1.85 bits per heavy atom. The highest BCUT2D eigenvalue weighted by atomic mass is 32.2. The van der Waals surface area contributed by atoms with Crippen LogP contribution in [0.25, 0.3) is 0 Å². The summed E-state index contributed by atoms with van der Waals surface area (Å²) < 4.78 is 26.1. The zero-order valence-electron chi connectivity index (χ0n) is 8.87. The van der Waals surface area contributed by atoms with Crippen LogP contribution in [0.1, 0.15) is 26.7 Å². The Morgan fingerprint density at radius 3 is 2.23 bits per heavy atom. The zero-order chi connectivity index (χ0) is 10.5. The average Bonchev–Trinajstić information content (AvgIpc) is 1.97. The molecule has 0 fully saturated rings. The molecule has 0 saturated heterocycles. The first kappa shape index (κ1) is 12.9. The van der Waals surface area contributed by atoms with Gasteiger partial charge in [-0.25, -0.2) is 4.72 Å². The van der Waals surface area contributed by atoms with Crippen molar-refractivity contribution < 1.29 is 8.42 Å². The van der Waals surface area contributed by atoms with Crippen LogP contribution in [-0.4, -0.2) is 33.4 Å². The van der Waals surface area contributed by atoms with Crippen LogP contribution >= 0.6 is 0 Å². The van der Waals surface area contributed by atoms with Crippen molar-refractivity contribution in [1.29, 1.82) is 0 Å². The Bertz CT molecular complexity index is 222. The fraction of sp³-hybridized carbons (Fsp3) is 1.00. The van der Waals surface area contributed by atoms with E-state index in [1.165, 1.54) is 18.4 Å². The first-order chi connectivity index (χ1) is 5.86. The van der Waals surface area contributed by atoms with E-state index < -0.39 is 10.2 Å². The van der Waals surface area contributed by atoms with E-state index in [0.29, 0.717) is 12.5 Å². The summed E-state index contributed by atoms with van der Waals surface area (Å²) in [6, 6.07) is 0. The molecule has 0 saturated carbocycles. The summed E-state index contributed by atoms with van der Waals surface area (Å²) in [5, 5.41) is 0. The molecule has 1 N–H and O–H groups in total. The number of hydrogen-bond acceptors (Lipinski definition) is 2. The lowest BCUT2D eigenvalue weighted by atomic mass is 10.1. The monoisotopic (exact) mass is 208 g/mol. The van der Waals surface area contributed by atoms with Crippen molar-refractivity contribution in [3.05, 3.63) is 0 Å². The molecule has 0 heterocycles. The second-order valence-electron chi connectivity index (χ2n) is 3.72. The molecule has 0 aromatic carbocycles. The largest absolute Gasteiger partial charge is 0.278 e. The molecular formula is C8H20N2O2S. The lowest BCUT2D eigenvalue weighted by Gasteiger charge is -2.12. The molecule has 13 heavy (non-hydrogen) atoms. The number of nitrogens with one attached hydrogen (secondary N) is 1. The zero-order valence-corrected chi connectivity index (χ0v) is 9.69. The van der Waals surface area contributed by atoms with Crippen LogP contribution in [0.2, 0.25) is 0 Å². The van der Waals surface area contributed by atoms with Gasteiger partial charge in [-0.1, -0.05) is 13.8 Å². The van der Waals surface area contributed by atoms with Gasteiger partial charge >= 0.3 is 0 Å². The van der Waals surface area contributed by atoms with Crippen molar-refractivity contribution >= 4 is 10.2 Å². The van der Waals surface area contributed by atoms with Crippen molar-refractivity contribution in [3.8, 4) is 0 Å². The van der Waals surface area contributed by atoms with Crippen LogP contribution in [0, 0.1) is 5.92 Å². The van der Waals surface area contributed by atoms with Gasteiger partial charge in [0.1, 0.15) is 0 Å². The van der Waals surface area contributed by atoms with E-state index in [4.69, 9.17) is 0 Å². The van der Waals surface area contributed by atoms with E-state index in [0.717, 1.165) is 12.8 Å². The van der Waals surface area contributed by atoms with Crippen LogP contribution in [0.15, 0.2) is 0 Å². The molecule has 0 aromatic heterocycles. The average molecular weight is 208 g/mol. The highest BCUT2D eigenvalue weighted by molar-refractivity contribution is 7.87. The smallest absolute Gasteiger partial charge is 0.202 e. The van der Waals surface area contributed by atoms with Crippen molar-refractivity contribution in [2.75, 3.05) is 20.6 Å². The maximum atomic E-state index is 11.2. The molecule has 0 aliphatic rings. The molecule has 0 rings (SSSR count). The van der Waals surface area contributed by atoms with Crippen molar-refractivity contribution in [1.82, 2.24) is 9.03 Å². The summed E-state index contributed by atoms with van der Waals surface area (Å²) in [5.74, 6) is 0.629. The third-order valence-corrected chi connectivity index (χ3v) is 3.25. The fourth-order valence-corrected chi connectivity index (χ4v) is 1.50. The first-order valence-electron chi connectivity index (χ1n) is 4.53. The quantitative estimate of drug-likeness (QED) is 0.657. The Hall–Kier alpha value is -0.130. The van der Waals surface area contributed by atoms with Gasteiger partial charge in [-0.2, -0.15) is 12.7 Å². The Kier molecular flexibility index (Phi) is 5.51. The summed E-state index contributed by atoms with van der Waals surface area (Å²) in [6.45, 7) is 4.78. The van der Waals surface area contributed by atoms with Crippen molar-refractivity contribution in [2.45, 2.75) is 26.7 Å². The Labute approximate surface area is 81.5 Å². The summed E-state index contributed by atoms with van der Waals surface area (Å²) >= 11 is 0. The minimum absolute atomic E-state index is 0.526. The minimum Gasteiger partial charge on any atom is -0.202 e. The maximum Gasteiger partial charge on any atom is 0.278 e. The normalized spacial score (nSPS) is 12.8. The highest BCUT2D eigenvalue weighted by Crippen LogP contribution is 2.02. The molecule has 0 unspecified atom stereocenters. The first-order valence-corrected chi connectivity index (χ1v) is 5.97. The molecule has 0 bridgehead atoms. The van der Waals surface area contributed by atoms with E-state index in [1.54, 1.807) is 0 Å². The summed E-state index contributed by atoms with van der Waals surface area (Å²) in [7, 11) is -0.176. The molecular weight excluding hydrogens is 188 g/mol. The fourth-order valence-electron chi connectivity index (χ4n) is 0.841. The molecule has 5 heteroatoms. The minimum atomic E-state index is -3.21. The van der Waals surface area contributed by atoms with E-state index in [2.05, 4.69) is 18.6 Å². The molecule has 0 aliphatic carbocycles. The van der Waals surface area contributed by atoms with Gasteiger partial charge in [-0.15, -0.1) is 0 Å². The van der Waals surface area contributed by atoms with Gasteiger partial charge in [0.2, 0.25) is 0 Å². The van der Waals surface area contributed by atoms with Crippen LogP contribution < -0.4 is 4.72 Å². The van der Waals surface area contributed by atoms with Crippen molar-refractivity contribution in [2.24, 2.45) is 5.92 Å². The highest BCUT2D eigenvalue weighted by Gasteiger charge is 2.10. The second-order valence-corrected chi connectivity index (χ2v) is 5.69. The topological polar surface area (TPSA) is 49.4 Å². The number of nitrogens with zero attached hydrogens (tertiary/aromatic N) is 1. The molecule has 80 valence electrons. The molecule has 0 atom stereocenters. The van der Waals surface area contributed by atoms with E-state index >= 15 is 0 Å². The van der Waals surface area contributed by atoms with E-state index in [-0.39, 0.29) is 0 Å². The van der Waals surface area contributed by atoms with Crippen LogP contribution in [0.4, 0.5) is 0 Å². The van der Waals surface area contributed by atoms with Gasteiger partial charge in [0.05, 0.1) is 0 Å². The second kappa shape index (κ2) is 5.57. The predicted molar refractivity (Wildman–Crippen MR) is 54.7 cm³/mol. The number of hydrogen-bond donors (Lipinski definition) is 1. The Morgan fingerprint density at radius 1 is 1.31 bits per heavy atom. The number of rotatable bonds is 6. The predicted octanol–water partition coefficient (Wildman–Crippen LogP) is 0.819. The summed E-state index contributed by atoms with van der Waals surface area (Å²) in [5.41, 5.74) is 0. The van der Waals surface area contributed by atoms with Gasteiger partial charge in [0, 0.05) is 20.6 Å². The summed E-state index contributed by atoms with van der Waals surface area (Å²) in [4.78, 5) is 0. The van der Waals surface area contributed by atoms with Crippen LogP contribution in [0.5, 0.6) is 0 Å². The molecule has 0 spiro atoms. The lowest BCUT2D eigenvalue weighted by molar-refractivity contribution is 0.495. The van der Waals surface area contributed by atoms with Gasteiger partial charge in [0.25, 0.3) is 10.2 Å². The standard InChI is InChI=1S/C8H20N2O2S/c1-8(2)6-5-7-9-13(11,12)10(3)4/h8-9H,5-7H2,1-4H3. The van der Waals surface area contributed by atoms with Crippen LogP contribution in [0.3, 0.4) is 0 Å². The summed E-state index contributed by atoms with van der Waals surface area (Å²) in [6.07, 6.45) is 1.95. The molecule has 4 nitrogen and oxygen atoms in total. The van der Waals surface area contributed by atoms with Crippen molar-refractivity contribution in [3.63, 3.8) is 0 Å². The van der Waals surface area contributed by atoms with E-state index in [1.807, 2.05) is 0 Å². The van der Waals surface area contributed by atoms with Gasteiger partial charge < -0.3 is 0 Å². The molecule has 0 amide bonds. The maximum absolute atomic E-state index is 11.2. The third-order valence-electron chi connectivity index (χ3n) is 1.72. The van der Waals surface area contributed by atoms with E-state index in [9.17, 15) is 8.42 Å². The lowest BCUT2D eigenvalue weighted by Crippen LogP contribution is -2.36. The van der Waals surface area contributed by atoms with Gasteiger partial charge in [-0.05, 0) is 18.8 Å². The Balaban J connectivity index is 3.66. The van der Waals surface area contributed by atoms with Gasteiger partial charge in [0.15, 0.2) is 0 Å². The van der Waals surface area contributed by atoms with Crippen LogP contribution in [-0.2, 0) is 10.2 Å². The molecule has 0 aliphatic heterocycles. The molecule has 0 radical (unpaired) electrons. The SMILES string of the molecule is CC(C)CCCNS(=O)(=O)N(C)C.